The van der Waals surface area contributed by atoms with Gasteiger partial charge in [0.25, 0.3) is 0 Å². The number of para-hydroxylation sites is 2. The molecule has 0 aliphatic rings. The highest BCUT2D eigenvalue weighted by Crippen LogP contribution is 2.40. The molecule has 0 fully saturated rings. The van der Waals surface area contributed by atoms with Gasteiger partial charge in [0, 0.05) is 26.4 Å². The maximum atomic E-state index is 13.9. The SMILES string of the molecule is COc1cccc(-c2nnc(CS(=O)(=O)[C@@H](C)[C@H](OC)c3ccc(C#N)cc3C#N)n2-c2c(OC)cccc2OC)n1.COc1cccc(-c2nnc(CS(=O)(=O)[C@H](C)[C@@H](OC)c3ccc(C#N)cc3C#N)n2-c2c(OC)cccc2OC)n1. The summed E-state index contributed by atoms with van der Waals surface area (Å²) in [7, 11) is 3.61. The minimum atomic E-state index is -4.01. The van der Waals surface area contributed by atoms with Gasteiger partial charge in [-0.25, -0.2) is 26.8 Å². The molecule has 8 rings (SSSR count). The number of pyridine rings is 2. The van der Waals surface area contributed by atoms with E-state index in [-0.39, 0.29) is 45.6 Å². The quantitative estimate of drug-likeness (QED) is 0.0631. The van der Waals surface area contributed by atoms with Crippen molar-refractivity contribution in [1.82, 2.24) is 39.5 Å². The van der Waals surface area contributed by atoms with Crippen molar-refractivity contribution >= 4 is 19.7 Å². The molecule has 0 spiro atoms. The van der Waals surface area contributed by atoms with Crippen LogP contribution in [-0.2, 0) is 40.7 Å². The first-order chi connectivity index (χ1) is 40.4. The van der Waals surface area contributed by atoms with Gasteiger partial charge in [-0.05, 0) is 85.6 Å². The van der Waals surface area contributed by atoms with Gasteiger partial charge in [-0.15, -0.1) is 20.4 Å². The number of ether oxygens (including phenoxy) is 8. The highest BCUT2D eigenvalue weighted by atomic mass is 32.2. The van der Waals surface area contributed by atoms with Gasteiger partial charge in [0.1, 0.15) is 57.3 Å². The Morgan fingerprint density at radius 1 is 0.452 bits per heavy atom. The second-order valence-electron chi connectivity index (χ2n) is 18.1. The van der Waals surface area contributed by atoms with Crippen LogP contribution in [0.3, 0.4) is 0 Å². The summed E-state index contributed by atoms with van der Waals surface area (Å²) < 4.78 is 103. The molecule has 0 N–H and O–H groups in total. The molecule has 4 atom stereocenters. The number of sulfone groups is 2. The van der Waals surface area contributed by atoms with E-state index >= 15 is 0 Å². The lowest BCUT2D eigenvalue weighted by molar-refractivity contribution is 0.102. The Morgan fingerprint density at radius 3 is 1.10 bits per heavy atom. The van der Waals surface area contributed by atoms with Crippen LogP contribution in [0.4, 0.5) is 0 Å². The fraction of sp³-hybridized carbons (Fsp3) is 0.276. The van der Waals surface area contributed by atoms with Crippen molar-refractivity contribution in [2.75, 3.05) is 56.9 Å². The molecule has 0 radical (unpaired) electrons. The van der Waals surface area contributed by atoms with Crippen molar-refractivity contribution in [1.29, 1.82) is 21.0 Å². The normalized spacial score (nSPS) is 12.5. The molecule has 432 valence electrons. The minimum Gasteiger partial charge on any atom is -0.494 e. The molecule has 0 aliphatic carbocycles. The van der Waals surface area contributed by atoms with Crippen LogP contribution in [0.1, 0.15) is 71.1 Å². The largest absolute Gasteiger partial charge is 0.494 e. The maximum Gasteiger partial charge on any atom is 0.213 e. The molecule has 84 heavy (non-hydrogen) atoms. The highest BCUT2D eigenvalue weighted by molar-refractivity contribution is 7.91. The first-order valence-electron chi connectivity index (χ1n) is 25.2. The second-order valence-corrected chi connectivity index (χ2v) is 22.8. The van der Waals surface area contributed by atoms with Crippen molar-refractivity contribution in [3.63, 3.8) is 0 Å². The number of methoxy groups -OCH3 is 8. The van der Waals surface area contributed by atoms with E-state index in [4.69, 9.17) is 37.9 Å². The molecule has 24 nitrogen and oxygen atoms in total. The van der Waals surface area contributed by atoms with Crippen LogP contribution in [0.5, 0.6) is 34.8 Å². The maximum absolute atomic E-state index is 13.9. The zero-order chi connectivity index (χ0) is 60.9. The molecule has 0 saturated heterocycles. The molecule has 4 aromatic carbocycles. The van der Waals surface area contributed by atoms with Crippen LogP contribution in [0.25, 0.3) is 34.4 Å². The Hall–Kier alpha value is -9.96. The van der Waals surface area contributed by atoms with Crippen molar-refractivity contribution < 1.29 is 54.7 Å². The van der Waals surface area contributed by atoms with Crippen LogP contribution in [0.2, 0.25) is 0 Å². The molecule has 0 aliphatic heterocycles. The summed E-state index contributed by atoms with van der Waals surface area (Å²) in [5.74, 6) is 1.70. The summed E-state index contributed by atoms with van der Waals surface area (Å²) in [5.41, 5.74) is 3.06. The summed E-state index contributed by atoms with van der Waals surface area (Å²) in [6.07, 6.45) is -2.01. The Bertz CT molecular complexity index is 3800. The molecule has 0 unspecified atom stereocenters. The molecule has 26 heteroatoms. The Balaban J connectivity index is 0.000000241. The van der Waals surface area contributed by atoms with E-state index in [1.54, 1.807) is 72.8 Å². The van der Waals surface area contributed by atoms with Gasteiger partial charge >= 0.3 is 0 Å². The molecular formula is C58H56N12O12S2. The lowest BCUT2D eigenvalue weighted by Crippen LogP contribution is -2.29. The summed E-state index contributed by atoms with van der Waals surface area (Å²) in [5, 5.41) is 52.8. The van der Waals surface area contributed by atoms with Crippen molar-refractivity contribution in [2.24, 2.45) is 0 Å². The second kappa shape index (κ2) is 27.2. The van der Waals surface area contributed by atoms with Crippen LogP contribution in [0, 0.1) is 45.3 Å². The molecule has 0 saturated carbocycles. The summed E-state index contributed by atoms with van der Waals surface area (Å²) in [4.78, 5) is 8.94. The van der Waals surface area contributed by atoms with Gasteiger partial charge < -0.3 is 37.9 Å². The van der Waals surface area contributed by atoms with E-state index in [1.807, 2.05) is 24.3 Å². The summed E-state index contributed by atoms with van der Waals surface area (Å²) >= 11 is 0. The number of benzene rings is 4. The van der Waals surface area contributed by atoms with Gasteiger partial charge in [-0.1, -0.05) is 36.4 Å². The zero-order valence-electron chi connectivity index (χ0n) is 47.2. The van der Waals surface area contributed by atoms with Crippen LogP contribution >= 0.6 is 0 Å². The van der Waals surface area contributed by atoms with E-state index in [0.29, 0.717) is 68.6 Å². The van der Waals surface area contributed by atoms with Crippen LogP contribution in [-0.4, -0.2) is 124 Å². The number of nitrogens with zero attached hydrogens (tertiary/aromatic N) is 12. The minimum absolute atomic E-state index is 0.0689. The predicted molar refractivity (Wildman–Crippen MR) is 304 cm³/mol. The third-order valence-electron chi connectivity index (χ3n) is 13.4. The molecule has 4 aromatic heterocycles. The number of nitriles is 4. The van der Waals surface area contributed by atoms with Gasteiger partial charge in [-0.3, -0.25) is 9.13 Å². The van der Waals surface area contributed by atoms with E-state index < -0.39 is 53.9 Å². The topological polar surface area (TPSA) is 324 Å². The molecular weight excluding hydrogens is 1120 g/mol. The van der Waals surface area contributed by atoms with Gasteiger partial charge in [0.05, 0.1) is 112 Å². The van der Waals surface area contributed by atoms with Gasteiger partial charge in [-0.2, -0.15) is 21.0 Å². The predicted octanol–water partition coefficient (Wildman–Crippen LogP) is 7.58. The van der Waals surface area contributed by atoms with E-state index in [2.05, 4.69) is 30.4 Å². The monoisotopic (exact) mass is 1180 g/mol. The standard InChI is InChI=1S/2C29H28N6O6S/c2*1-18(28(41-5)21-13-12-19(15-30)14-20(21)16-31)42(36,37)17-25-33-34-29(22-8-6-11-26(32-22)40-4)35(25)27-23(38-2)9-7-10-24(27)39-3/h2*6-14,18,28H,17H2,1-5H3/t2*18-,28-/m10/s1. The number of hydrogen-bond donors (Lipinski definition) is 0. The van der Waals surface area contributed by atoms with E-state index in [0.717, 1.165) is 0 Å². The summed E-state index contributed by atoms with van der Waals surface area (Å²) in [6.45, 7) is 3.00. The van der Waals surface area contributed by atoms with Gasteiger partial charge in [0.2, 0.25) is 11.8 Å². The van der Waals surface area contributed by atoms with E-state index in [1.165, 1.54) is 116 Å². The molecule has 4 heterocycles. The molecule has 0 bridgehead atoms. The first kappa shape index (κ1) is 61.7. The smallest absolute Gasteiger partial charge is 0.213 e. The molecule has 8 aromatic rings. The third kappa shape index (κ3) is 12.9. The average molecular weight is 1180 g/mol. The number of rotatable bonds is 22. The lowest BCUT2D eigenvalue weighted by atomic mass is 9.99. The zero-order valence-corrected chi connectivity index (χ0v) is 48.8. The van der Waals surface area contributed by atoms with Crippen LogP contribution in [0.15, 0.2) is 109 Å². The van der Waals surface area contributed by atoms with Crippen molar-refractivity contribution in [3.8, 4) is 93.4 Å². The Kier molecular flexibility index (Phi) is 20.0. The fourth-order valence-corrected chi connectivity index (χ4v) is 12.0. The average Bonchev–Trinajstić information content (AvgIpc) is 2.50. The molecule has 0 amide bonds. The number of hydrogen-bond acceptors (Lipinski definition) is 22. The van der Waals surface area contributed by atoms with Gasteiger partial charge in [0.15, 0.2) is 43.0 Å². The van der Waals surface area contributed by atoms with Crippen molar-refractivity contribution in [3.05, 3.63) is 154 Å². The fourth-order valence-electron chi connectivity index (χ4n) is 9.12. The van der Waals surface area contributed by atoms with Crippen molar-refractivity contribution in [2.45, 2.75) is 48.1 Å². The summed E-state index contributed by atoms with van der Waals surface area (Å²) in [6, 6.07) is 37.4. The third-order valence-corrected chi connectivity index (χ3v) is 17.5. The highest BCUT2D eigenvalue weighted by Gasteiger charge is 2.37. The van der Waals surface area contributed by atoms with Crippen LogP contribution < -0.4 is 28.4 Å². The lowest BCUT2D eigenvalue weighted by Gasteiger charge is -2.24. The first-order valence-corrected chi connectivity index (χ1v) is 28.6. The Morgan fingerprint density at radius 2 is 0.798 bits per heavy atom. The number of aromatic nitrogens is 8. The Labute approximate surface area is 485 Å². The van der Waals surface area contributed by atoms with E-state index in [9.17, 15) is 37.9 Å².